The Balaban J connectivity index is 2.40. The second-order valence-electron chi connectivity index (χ2n) is 3.77. The van der Waals surface area contributed by atoms with Gasteiger partial charge in [0.2, 0.25) is 0 Å². The van der Waals surface area contributed by atoms with Crippen molar-refractivity contribution in [3.8, 4) is 5.69 Å². The van der Waals surface area contributed by atoms with Crippen molar-refractivity contribution in [2.45, 2.75) is 19.9 Å². The average molecular weight is 216 g/mol. The number of para-hydroxylation sites is 1. The van der Waals surface area contributed by atoms with E-state index in [4.69, 9.17) is 0 Å². The number of nitrogens with one attached hydrogen (secondary N) is 1. The average Bonchev–Trinajstić information content (AvgIpc) is 2.71. The molecular weight excluding hydrogens is 200 g/mol. The predicted octanol–water partition coefficient (Wildman–Crippen LogP) is 1.86. The summed E-state index contributed by atoms with van der Waals surface area (Å²) < 4.78 is 1.86. The van der Waals surface area contributed by atoms with Gasteiger partial charge in [-0.15, -0.1) is 5.10 Å². The molecule has 2 rings (SSSR count). The van der Waals surface area contributed by atoms with Crippen LogP contribution in [0.15, 0.2) is 30.3 Å². The van der Waals surface area contributed by atoms with Crippen molar-refractivity contribution in [1.82, 2.24) is 20.1 Å². The van der Waals surface area contributed by atoms with E-state index in [0.29, 0.717) is 0 Å². The molecule has 0 saturated heterocycles. The molecule has 1 atom stereocenters. The Morgan fingerprint density at radius 2 is 1.94 bits per heavy atom. The summed E-state index contributed by atoms with van der Waals surface area (Å²) in [5.41, 5.74) is 1.04. The molecule has 1 aromatic carbocycles. The lowest BCUT2D eigenvalue weighted by molar-refractivity contribution is 0.607. The molecule has 1 aromatic heterocycles. The van der Waals surface area contributed by atoms with Crippen LogP contribution in [0.2, 0.25) is 0 Å². The Kier molecular flexibility index (Phi) is 3.01. The zero-order chi connectivity index (χ0) is 11.5. The van der Waals surface area contributed by atoms with Gasteiger partial charge >= 0.3 is 0 Å². The van der Waals surface area contributed by atoms with Crippen LogP contribution in [0, 0.1) is 6.92 Å². The molecule has 16 heavy (non-hydrogen) atoms. The van der Waals surface area contributed by atoms with Crippen LogP contribution in [0.4, 0.5) is 0 Å². The van der Waals surface area contributed by atoms with Gasteiger partial charge in [-0.2, -0.15) is 0 Å². The van der Waals surface area contributed by atoms with Crippen LogP contribution in [0.1, 0.15) is 24.6 Å². The number of hydrogen-bond acceptors (Lipinski definition) is 3. The molecule has 0 radical (unpaired) electrons. The molecule has 84 valence electrons. The highest BCUT2D eigenvalue weighted by Gasteiger charge is 2.12. The van der Waals surface area contributed by atoms with E-state index >= 15 is 0 Å². The summed E-state index contributed by atoms with van der Waals surface area (Å²) >= 11 is 0. The molecule has 0 saturated carbocycles. The number of nitrogens with zero attached hydrogens (tertiary/aromatic N) is 3. The summed E-state index contributed by atoms with van der Waals surface area (Å²) in [5.74, 6) is 1.73. The fraction of sp³-hybridized carbons (Fsp3) is 0.333. The first-order valence-electron chi connectivity index (χ1n) is 5.38. The maximum Gasteiger partial charge on any atom is 0.167 e. The second kappa shape index (κ2) is 4.45. The highest BCUT2D eigenvalue weighted by molar-refractivity contribution is 5.31. The van der Waals surface area contributed by atoms with Gasteiger partial charge in [0.1, 0.15) is 5.82 Å². The van der Waals surface area contributed by atoms with Crippen molar-refractivity contribution in [2.24, 2.45) is 0 Å². The number of aromatic nitrogens is 3. The van der Waals surface area contributed by atoms with E-state index in [-0.39, 0.29) is 6.04 Å². The van der Waals surface area contributed by atoms with E-state index < -0.39 is 0 Å². The lowest BCUT2D eigenvalue weighted by atomic mass is 10.3. The summed E-state index contributed by atoms with van der Waals surface area (Å²) in [6.45, 7) is 4.01. The van der Waals surface area contributed by atoms with E-state index in [1.165, 1.54) is 0 Å². The largest absolute Gasteiger partial charge is 0.311 e. The molecule has 1 unspecified atom stereocenters. The van der Waals surface area contributed by atoms with Crippen LogP contribution in [0.5, 0.6) is 0 Å². The molecule has 0 aliphatic carbocycles. The van der Waals surface area contributed by atoms with Gasteiger partial charge in [0.05, 0.1) is 11.7 Å². The van der Waals surface area contributed by atoms with Crippen LogP contribution >= 0.6 is 0 Å². The zero-order valence-electron chi connectivity index (χ0n) is 9.81. The van der Waals surface area contributed by atoms with Crippen LogP contribution in [0.3, 0.4) is 0 Å². The highest BCUT2D eigenvalue weighted by atomic mass is 15.4. The van der Waals surface area contributed by atoms with Crippen molar-refractivity contribution >= 4 is 0 Å². The smallest absolute Gasteiger partial charge is 0.167 e. The maximum absolute atomic E-state index is 4.49. The lowest BCUT2D eigenvalue weighted by Crippen LogP contribution is -2.14. The van der Waals surface area contributed by atoms with Crippen molar-refractivity contribution in [3.05, 3.63) is 42.0 Å². The normalized spacial score (nSPS) is 12.7. The summed E-state index contributed by atoms with van der Waals surface area (Å²) in [5, 5.41) is 7.63. The van der Waals surface area contributed by atoms with Gasteiger partial charge in [-0.05, 0) is 33.0 Å². The lowest BCUT2D eigenvalue weighted by Gasteiger charge is -2.04. The number of aryl methyl sites for hydroxylation is 1. The SMILES string of the molecule is CNC(C)c1nc(C)n(-c2ccccc2)n1. The Bertz CT molecular complexity index is 461. The van der Waals surface area contributed by atoms with Crippen LogP contribution in [0.25, 0.3) is 5.69 Å². The third-order valence-corrected chi connectivity index (χ3v) is 2.61. The molecule has 0 aliphatic rings. The summed E-state index contributed by atoms with van der Waals surface area (Å²) in [4.78, 5) is 4.45. The highest BCUT2D eigenvalue weighted by Crippen LogP contribution is 2.12. The Morgan fingerprint density at radius 3 is 2.56 bits per heavy atom. The third kappa shape index (κ3) is 1.97. The summed E-state index contributed by atoms with van der Waals surface area (Å²) in [6.07, 6.45) is 0. The zero-order valence-corrected chi connectivity index (χ0v) is 9.81. The van der Waals surface area contributed by atoms with Crippen molar-refractivity contribution in [3.63, 3.8) is 0 Å². The van der Waals surface area contributed by atoms with E-state index in [0.717, 1.165) is 17.3 Å². The Labute approximate surface area is 95.3 Å². The Hall–Kier alpha value is -1.68. The number of benzene rings is 1. The van der Waals surface area contributed by atoms with Crippen LogP contribution in [-0.4, -0.2) is 21.8 Å². The third-order valence-electron chi connectivity index (χ3n) is 2.61. The number of hydrogen-bond donors (Lipinski definition) is 1. The fourth-order valence-electron chi connectivity index (χ4n) is 1.54. The predicted molar refractivity (Wildman–Crippen MR) is 63.6 cm³/mol. The van der Waals surface area contributed by atoms with Crippen molar-refractivity contribution in [1.29, 1.82) is 0 Å². The van der Waals surface area contributed by atoms with Crippen molar-refractivity contribution in [2.75, 3.05) is 7.05 Å². The van der Waals surface area contributed by atoms with Gasteiger partial charge in [0.15, 0.2) is 5.82 Å². The Morgan fingerprint density at radius 1 is 1.25 bits per heavy atom. The minimum Gasteiger partial charge on any atom is -0.311 e. The molecule has 1 heterocycles. The molecule has 0 fully saturated rings. The molecule has 0 amide bonds. The van der Waals surface area contributed by atoms with E-state index in [2.05, 4.69) is 15.4 Å². The first-order valence-corrected chi connectivity index (χ1v) is 5.38. The fourth-order valence-corrected chi connectivity index (χ4v) is 1.54. The minimum atomic E-state index is 0.170. The maximum atomic E-state index is 4.49. The van der Waals surface area contributed by atoms with Gasteiger partial charge in [0.25, 0.3) is 0 Å². The number of rotatable bonds is 3. The minimum absolute atomic E-state index is 0.170. The topological polar surface area (TPSA) is 42.7 Å². The molecule has 4 heteroatoms. The molecule has 1 N–H and O–H groups in total. The van der Waals surface area contributed by atoms with Gasteiger partial charge in [0, 0.05) is 0 Å². The molecule has 0 bridgehead atoms. The van der Waals surface area contributed by atoms with E-state index in [1.54, 1.807) is 0 Å². The second-order valence-corrected chi connectivity index (χ2v) is 3.77. The summed E-state index contributed by atoms with van der Waals surface area (Å²) in [7, 11) is 1.91. The first kappa shape index (κ1) is 10.8. The van der Waals surface area contributed by atoms with Gasteiger partial charge < -0.3 is 5.32 Å². The molecule has 0 spiro atoms. The van der Waals surface area contributed by atoms with Crippen LogP contribution in [-0.2, 0) is 0 Å². The standard InChI is InChI=1S/C12H16N4/c1-9(13-3)12-14-10(2)16(15-12)11-7-5-4-6-8-11/h4-9,13H,1-3H3. The first-order chi connectivity index (χ1) is 7.72. The van der Waals surface area contributed by atoms with Gasteiger partial charge in [-0.1, -0.05) is 18.2 Å². The molecule has 2 aromatic rings. The van der Waals surface area contributed by atoms with E-state index in [9.17, 15) is 0 Å². The van der Waals surface area contributed by atoms with E-state index in [1.807, 2.05) is 55.9 Å². The van der Waals surface area contributed by atoms with Gasteiger partial charge in [-0.3, -0.25) is 0 Å². The molecule has 4 nitrogen and oxygen atoms in total. The monoisotopic (exact) mass is 216 g/mol. The quantitative estimate of drug-likeness (QED) is 0.851. The molecule has 0 aliphatic heterocycles. The summed E-state index contributed by atoms with van der Waals surface area (Å²) in [6, 6.07) is 10.2. The van der Waals surface area contributed by atoms with Gasteiger partial charge in [-0.25, -0.2) is 9.67 Å². The molecular formula is C12H16N4. The van der Waals surface area contributed by atoms with Crippen LogP contribution < -0.4 is 5.32 Å². The van der Waals surface area contributed by atoms with Crippen molar-refractivity contribution < 1.29 is 0 Å².